The zero-order valence-corrected chi connectivity index (χ0v) is 12.2. The lowest BCUT2D eigenvalue weighted by Gasteiger charge is -2.31. The number of nitrogens with two attached hydrogens (primary N) is 1. The second-order valence-electron chi connectivity index (χ2n) is 4.70. The van der Waals surface area contributed by atoms with Crippen LogP contribution in [0.1, 0.15) is 26.2 Å². The minimum atomic E-state index is -2.83. The lowest BCUT2D eigenvalue weighted by atomic mass is 9.98. The fraction of sp³-hybridized carbons (Fsp3) is 1.00. The number of nitrogens with zero attached hydrogens (tertiary/aromatic N) is 1. The van der Waals surface area contributed by atoms with Crippen molar-refractivity contribution in [3.8, 4) is 0 Å². The molecule has 1 saturated heterocycles. The molecule has 17 heavy (non-hydrogen) atoms. The smallest absolute Gasteiger partial charge is 0.151 e. The van der Waals surface area contributed by atoms with Crippen LogP contribution in [0.4, 0.5) is 0 Å². The van der Waals surface area contributed by atoms with E-state index in [-0.39, 0.29) is 12.4 Å². The van der Waals surface area contributed by atoms with Crippen LogP contribution in [-0.2, 0) is 9.84 Å². The van der Waals surface area contributed by atoms with Gasteiger partial charge in [-0.25, -0.2) is 8.42 Å². The number of hydrogen-bond acceptors (Lipinski definition) is 4. The number of rotatable bonds is 6. The van der Waals surface area contributed by atoms with Crippen LogP contribution in [0.2, 0.25) is 0 Å². The lowest BCUT2D eigenvalue weighted by Crippen LogP contribution is -2.40. The largest absolute Gasteiger partial charge is 0.330 e. The van der Waals surface area contributed by atoms with Crippen LogP contribution in [0.15, 0.2) is 0 Å². The molecule has 0 aromatic heterocycles. The summed E-state index contributed by atoms with van der Waals surface area (Å²) in [5.74, 6) is 1.18. The molecule has 1 atom stereocenters. The fourth-order valence-electron chi connectivity index (χ4n) is 2.23. The van der Waals surface area contributed by atoms with E-state index >= 15 is 0 Å². The van der Waals surface area contributed by atoms with Gasteiger partial charge in [0.2, 0.25) is 0 Å². The summed E-state index contributed by atoms with van der Waals surface area (Å²) in [5.41, 5.74) is 5.65. The van der Waals surface area contributed by atoms with Gasteiger partial charge in [-0.15, -0.1) is 12.4 Å². The molecule has 4 nitrogen and oxygen atoms in total. The van der Waals surface area contributed by atoms with Crippen LogP contribution in [0.5, 0.6) is 0 Å². The van der Waals surface area contributed by atoms with Gasteiger partial charge in [0, 0.05) is 18.8 Å². The summed E-state index contributed by atoms with van der Waals surface area (Å²) >= 11 is 0. The van der Waals surface area contributed by atoms with Crippen molar-refractivity contribution in [3.63, 3.8) is 0 Å². The van der Waals surface area contributed by atoms with E-state index in [1.807, 2.05) is 6.92 Å². The Hall–Kier alpha value is 0.160. The maximum absolute atomic E-state index is 11.6. The van der Waals surface area contributed by atoms with Gasteiger partial charge < -0.3 is 10.6 Å². The van der Waals surface area contributed by atoms with Crippen molar-refractivity contribution in [1.29, 1.82) is 0 Å². The molecule has 0 radical (unpaired) electrons. The summed E-state index contributed by atoms with van der Waals surface area (Å²) in [5, 5.41) is 0. The quantitative estimate of drug-likeness (QED) is 0.787. The normalized spacial score (nSPS) is 22.1. The van der Waals surface area contributed by atoms with Crippen LogP contribution >= 0.6 is 12.4 Å². The number of piperidine rings is 1. The minimum Gasteiger partial charge on any atom is -0.330 e. The molecule has 104 valence electrons. The molecule has 0 aromatic rings. The first-order chi connectivity index (χ1) is 7.57. The number of hydrogen-bond donors (Lipinski definition) is 1. The standard InChI is InChI=1S/C11H24N2O2S.ClH/c1-2-7-16(14,15)8-6-13-5-3-4-11(9-12)10-13;/h11H,2-10,12H2,1H3;1H. The molecule has 0 spiro atoms. The Morgan fingerprint density at radius 2 is 2.06 bits per heavy atom. The number of likely N-dealkylation sites (tertiary alicyclic amines) is 1. The third-order valence-electron chi connectivity index (χ3n) is 3.17. The molecule has 0 saturated carbocycles. The molecule has 6 heteroatoms. The highest BCUT2D eigenvalue weighted by atomic mass is 35.5. The van der Waals surface area contributed by atoms with Gasteiger partial charge in [-0.3, -0.25) is 0 Å². The molecule has 2 N–H and O–H groups in total. The highest BCUT2D eigenvalue weighted by Crippen LogP contribution is 2.14. The van der Waals surface area contributed by atoms with E-state index in [0.29, 0.717) is 30.4 Å². The number of sulfone groups is 1. The first-order valence-electron chi connectivity index (χ1n) is 6.20. The molecule has 1 unspecified atom stereocenters. The molecular formula is C11H25ClN2O2S. The third kappa shape index (κ3) is 6.60. The lowest BCUT2D eigenvalue weighted by molar-refractivity contribution is 0.187. The van der Waals surface area contributed by atoms with E-state index in [1.165, 1.54) is 6.42 Å². The predicted molar refractivity (Wildman–Crippen MR) is 74.4 cm³/mol. The second kappa shape index (κ2) is 8.29. The van der Waals surface area contributed by atoms with Gasteiger partial charge in [0.05, 0.1) is 5.75 Å². The number of halogens is 1. The van der Waals surface area contributed by atoms with E-state index in [0.717, 1.165) is 26.1 Å². The molecular weight excluding hydrogens is 260 g/mol. The highest BCUT2D eigenvalue weighted by Gasteiger charge is 2.20. The Bertz CT molecular complexity index is 296. The zero-order valence-electron chi connectivity index (χ0n) is 10.6. The Morgan fingerprint density at radius 3 is 2.65 bits per heavy atom. The predicted octanol–water partition coefficient (Wildman–Crippen LogP) is 0.904. The average molecular weight is 285 g/mol. The molecule has 1 rings (SSSR count). The van der Waals surface area contributed by atoms with Crippen molar-refractivity contribution >= 4 is 22.2 Å². The van der Waals surface area contributed by atoms with Crippen molar-refractivity contribution in [2.24, 2.45) is 11.7 Å². The van der Waals surface area contributed by atoms with E-state index < -0.39 is 9.84 Å². The molecule has 1 heterocycles. The van der Waals surface area contributed by atoms with Crippen LogP contribution < -0.4 is 5.73 Å². The van der Waals surface area contributed by atoms with Crippen LogP contribution in [-0.4, -0.2) is 51.0 Å². The fourth-order valence-corrected chi connectivity index (χ4v) is 3.59. The van der Waals surface area contributed by atoms with Gasteiger partial charge in [0.15, 0.2) is 9.84 Å². The molecule has 0 aromatic carbocycles. The summed E-state index contributed by atoms with van der Waals surface area (Å²) in [4.78, 5) is 2.24. The molecule has 1 aliphatic heterocycles. The Kier molecular flexibility index (Phi) is 8.37. The summed E-state index contributed by atoms with van der Waals surface area (Å²) in [6.07, 6.45) is 3.05. The van der Waals surface area contributed by atoms with Gasteiger partial charge in [-0.2, -0.15) is 0 Å². The Labute approximate surface area is 111 Å². The SMILES string of the molecule is CCCS(=O)(=O)CCN1CCCC(CN)C1.Cl. The summed E-state index contributed by atoms with van der Waals surface area (Å²) in [7, 11) is -2.83. The zero-order chi connectivity index (χ0) is 12.0. The van der Waals surface area contributed by atoms with E-state index in [1.54, 1.807) is 0 Å². The Balaban J connectivity index is 0.00000256. The van der Waals surface area contributed by atoms with Gasteiger partial charge in [0.1, 0.15) is 0 Å². The van der Waals surface area contributed by atoms with Gasteiger partial charge in [-0.05, 0) is 38.3 Å². The van der Waals surface area contributed by atoms with Gasteiger partial charge >= 0.3 is 0 Å². The Morgan fingerprint density at radius 1 is 1.35 bits per heavy atom. The summed E-state index contributed by atoms with van der Waals surface area (Å²) in [6, 6.07) is 0. The molecule has 1 fully saturated rings. The van der Waals surface area contributed by atoms with Crippen molar-refractivity contribution in [2.45, 2.75) is 26.2 Å². The molecule has 1 aliphatic rings. The minimum absolute atomic E-state index is 0. The molecule has 0 bridgehead atoms. The van der Waals surface area contributed by atoms with E-state index in [4.69, 9.17) is 5.73 Å². The summed E-state index contributed by atoms with van der Waals surface area (Å²) in [6.45, 7) is 5.30. The van der Waals surface area contributed by atoms with E-state index in [2.05, 4.69) is 4.90 Å². The summed E-state index contributed by atoms with van der Waals surface area (Å²) < 4.78 is 23.1. The van der Waals surface area contributed by atoms with Crippen molar-refractivity contribution in [3.05, 3.63) is 0 Å². The second-order valence-corrected chi connectivity index (χ2v) is 7.00. The van der Waals surface area contributed by atoms with Crippen LogP contribution in [0.25, 0.3) is 0 Å². The maximum Gasteiger partial charge on any atom is 0.151 e. The van der Waals surface area contributed by atoms with Crippen molar-refractivity contribution < 1.29 is 8.42 Å². The monoisotopic (exact) mass is 284 g/mol. The van der Waals surface area contributed by atoms with Gasteiger partial charge in [-0.1, -0.05) is 6.92 Å². The van der Waals surface area contributed by atoms with Crippen LogP contribution in [0, 0.1) is 5.92 Å². The van der Waals surface area contributed by atoms with E-state index in [9.17, 15) is 8.42 Å². The molecule has 0 amide bonds. The first kappa shape index (κ1) is 17.2. The average Bonchev–Trinajstić information content (AvgIpc) is 2.27. The van der Waals surface area contributed by atoms with Crippen molar-refractivity contribution in [2.75, 3.05) is 37.7 Å². The highest BCUT2D eigenvalue weighted by molar-refractivity contribution is 7.91. The van der Waals surface area contributed by atoms with Crippen molar-refractivity contribution in [1.82, 2.24) is 4.90 Å². The molecule has 0 aliphatic carbocycles. The topological polar surface area (TPSA) is 63.4 Å². The van der Waals surface area contributed by atoms with Gasteiger partial charge in [0.25, 0.3) is 0 Å². The van der Waals surface area contributed by atoms with Crippen LogP contribution in [0.3, 0.4) is 0 Å². The third-order valence-corrected chi connectivity index (χ3v) is 5.00. The first-order valence-corrected chi connectivity index (χ1v) is 8.02. The maximum atomic E-state index is 11.6.